The molecule has 1 saturated heterocycles. The highest BCUT2D eigenvalue weighted by atomic mass is 35.5. The molecule has 2 N–H and O–H groups in total. The molecule has 1 aromatic heterocycles. The van der Waals surface area contributed by atoms with Gasteiger partial charge in [0.05, 0.1) is 5.69 Å². The summed E-state index contributed by atoms with van der Waals surface area (Å²) in [6.07, 6.45) is 9.73. The van der Waals surface area contributed by atoms with E-state index in [0.717, 1.165) is 17.2 Å². The number of rotatable bonds is 3. The Balaban J connectivity index is 1.70. The summed E-state index contributed by atoms with van der Waals surface area (Å²) < 4.78 is 0. The van der Waals surface area contributed by atoms with E-state index in [1.807, 2.05) is 6.20 Å². The number of anilines is 1. The molecule has 3 unspecified atom stereocenters. The molecule has 2 heterocycles. The largest absolute Gasteiger partial charge is 0.379 e. The number of hydrogen-bond acceptors (Lipinski definition) is 3. The normalized spacial score (nSPS) is 30.4. The van der Waals surface area contributed by atoms with Crippen molar-refractivity contribution in [2.75, 3.05) is 11.9 Å². The fraction of sp³-hybridized carbons (Fsp3) is 0.688. The fourth-order valence-electron chi connectivity index (χ4n) is 3.75. The van der Waals surface area contributed by atoms with Crippen LogP contribution in [0.2, 0.25) is 5.15 Å². The van der Waals surface area contributed by atoms with Crippen LogP contribution < -0.4 is 10.6 Å². The van der Waals surface area contributed by atoms with Gasteiger partial charge in [0.2, 0.25) is 0 Å². The van der Waals surface area contributed by atoms with Gasteiger partial charge in [0, 0.05) is 18.3 Å². The third kappa shape index (κ3) is 3.09. The Morgan fingerprint density at radius 2 is 2.15 bits per heavy atom. The van der Waals surface area contributed by atoms with E-state index in [0.29, 0.717) is 17.2 Å². The molecule has 3 nitrogen and oxygen atoms in total. The van der Waals surface area contributed by atoms with Gasteiger partial charge < -0.3 is 10.6 Å². The maximum absolute atomic E-state index is 6.22. The molecule has 0 amide bonds. The maximum Gasteiger partial charge on any atom is 0.152 e. The van der Waals surface area contributed by atoms with Gasteiger partial charge in [-0.2, -0.15) is 0 Å². The minimum absolute atomic E-state index is 0.534. The highest BCUT2D eigenvalue weighted by Crippen LogP contribution is 2.34. The van der Waals surface area contributed by atoms with Crippen LogP contribution in [0.15, 0.2) is 12.3 Å². The Bertz CT molecular complexity index is 457. The Labute approximate surface area is 126 Å². The SMILES string of the molecule is Cc1cnc(Cl)c(NC2CCCC2C2CCCCN2)c1. The van der Waals surface area contributed by atoms with Gasteiger partial charge >= 0.3 is 0 Å². The predicted octanol–water partition coefficient (Wildman–Crippen LogP) is 3.77. The molecule has 0 aromatic carbocycles. The monoisotopic (exact) mass is 293 g/mol. The minimum Gasteiger partial charge on any atom is -0.379 e. The van der Waals surface area contributed by atoms with Crippen LogP contribution in [-0.2, 0) is 0 Å². The molecule has 3 rings (SSSR count). The zero-order chi connectivity index (χ0) is 13.9. The first kappa shape index (κ1) is 14.2. The molecule has 1 saturated carbocycles. The van der Waals surface area contributed by atoms with E-state index in [4.69, 9.17) is 11.6 Å². The van der Waals surface area contributed by atoms with Crippen LogP contribution in [0.25, 0.3) is 0 Å². The van der Waals surface area contributed by atoms with Crippen molar-refractivity contribution in [1.29, 1.82) is 0 Å². The first-order valence-corrected chi connectivity index (χ1v) is 8.24. The van der Waals surface area contributed by atoms with Crippen molar-refractivity contribution in [1.82, 2.24) is 10.3 Å². The fourth-order valence-corrected chi connectivity index (χ4v) is 3.91. The zero-order valence-corrected chi connectivity index (χ0v) is 12.9. The van der Waals surface area contributed by atoms with Gasteiger partial charge in [0.25, 0.3) is 0 Å². The van der Waals surface area contributed by atoms with E-state index in [1.165, 1.54) is 45.1 Å². The average molecular weight is 294 g/mol. The van der Waals surface area contributed by atoms with Crippen LogP contribution in [0.3, 0.4) is 0 Å². The van der Waals surface area contributed by atoms with Gasteiger partial charge in [-0.15, -0.1) is 0 Å². The Morgan fingerprint density at radius 3 is 2.95 bits per heavy atom. The molecule has 0 spiro atoms. The molecular formula is C16H24ClN3. The standard InChI is InChI=1S/C16H24ClN3/c1-11-9-15(16(17)19-10-11)20-14-7-4-5-12(14)13-6-2-3-8-18-13/h9-10,12-14,18,20H,2-8H2,1H3. The number of nitrogens with zero attached hydrogens (tertiary/aromatic N) is 1. The van der Waals surface area contributed by atoms with E-state index >= 15 is 0 Å². The summed E-state index contributed by atoms with van der Waals surface area (Å²) in [7, 11) is 0. The van der Waals surface area contributed by atoms with E-state index in [2.05, 4.69) is 28.6 Å². The van der Waals surface area contributed by atoms with Crippen molar-refractivity contribution < 1.29 is 0 Å². The smallest absolute Gasteiger partial charge is 0.152 e. The summed E-state index contributed by atoms with van der Waals surface area (Å²) in [5.41, 5.74) is 2.15. The Morgan fingerprint density at radius 1 is 1.25 bits per heavy atom. The van der Waals surface area contributed by atoms with Crippen molar-refractivity contribution in [3.05, 3.63) is 23.0 Å². The van der Waals surface area contributed by atoms with E-state index < -0.39 is 0 Å². The van der Waals surface area contributed by atoms with Crippen molar-refractivity contribution in [2.24, 2.45) is 5.92 Å². The molecule has 4 heteroatoms. The number of nitrogens with one attached hydrogen (secondary N) is 2. The van der Waals surface area contributed by atoms with Crippen LogP contribution >= 0.6 is 11.6 Å². The Hall–Kier alpha value is -0.800. The van der Waals surface area contributed by atoms with Gasteiger partial charge in [-0.3, -0.25) is 0 Å². The van der Waals surface area contributed by atoms with Crippen molar-refractivity contribution >= 4 is 17.3 Å². The average Bonchev–Trinajstić information content (AvgIpc) is 2.92. The van der Waals surface area contributed by atoms with Gasteiger partial charge in [0.15, 0.2) is 5.15 Å². The molecule has 20 heavy (non-hydrogen) atoms. The summed E-state index contributed by atoms with van der Waals surface area (Å²) in [5.74, 6) is 0.729. The van der Waals surface area contributed by atoms with Crippen LogP contribution in [0, 0.1) is 12.8 Å². The van der Waals surface area contributed by atoms with Crippen molar-refractivity contribution in [2.45, 2.75) is 57.5 Å². The highest BCUT2D eigenvalue weighted by molar-refractivity contribution is 6.31. The van der Waals surface area contributed by atoms with Gasteiger partial charge in [-0.05, 0) is 56.7 Å². The lowest BCUT2D eigenvalue weighted by atomic mass is 9.88. The zero-order valence-electron chi connectivity index (χ0n) is 12.2. The van der Waals surface area contributed by atoms with Crippen LogP contribution in [0.5, 0.6) is 0 Å². The molecule has 2 fully saturated rings. The molecule has 1 aliphatic carbocycles. The van der Waals surface area contributed by atoms with Crippen LogP contribution in [-0.4, -0.2) is 23.6 Å². The number of aryl methyl sites for hydroxylation is 1. The molecule has 110 valence electrons. The summed E-state index contributed by atoms with van der Waals surface area (Å²) in [6.45, 7) is 3.24. The van der Waals surface area contributed by atoms with Crippen LogP contribution in [0.1, 0.15) is 44.1 Å². The lowest BCUT2D eigenvalue weighted by Crippen LogP contribution is -2.44. The first-order valence-electron chi connectivity index (χ1n) is 7.86. The number of aromatic nitrogens is 1. The van der Waals surface area contributed by atoms with Crippen LogP contribution in [0.4, 0.5) is 5.69 Å². The summed E-state index contributed by atoms with van der Waals surface area (Å²) in [6, 6.07) is 3.32. The van der Waals surface area contributed by atoms with Crippen molar-refractivity contribution in [3.8, 4) is 0 Å². The summed E-state index contributed by atoms with van der Waals surface area (Å²) >= 11 is 6.22. The van der Waals surface area contributed by atoms with Gasteiger partial charge in [0.1, 0.15) is 0 Å². The number of piperidine rings is 1. The summed E-state index contributed by atoms with van der Waals surface area (Å²) in [4.78, 5) is 4.25. The third-order valence-electron chi connectivity index (χ3n) is 4.75. The number of halogens is 1. The van der Waals surface area contributed by atoms with E-state index in [1.54, 1.807) is 0 Å². The quantitative estimate of drug-likeness (QED) is 0.833. The molecular weight excluding hydrogens is 270 g/mol. The topological polar surface area (TPSA) is 37.0 Å². The second-order valence-corrected chi connectivity index (χ2v) is 6.61. The third-order valence-corrected chi connectivity index (χ3v) is 5.05. The predicted molar refractivity (Wildman–Crippen MR) is 84.4 cm³/mol. The Kier molecular flexibility index (Phi) is 4.47. The second-order valence-electron chi connectivity index (χ2n) is 6.25. The number of hydrogen-bond donors (Lipinski definition) is 2. The first-order chi connectivity index (χ1) is 9.74. The molecule has 0 radical (unpaired) electrons. The molecule has 1 aliphatic heterocycles. The summed E-state index contributed by atoms with van der Waals surface area (Å²) in [5, 5.41) is 7.97. The van der Waals surface area contributed by atoms with E-state index in [9.17, 15) is 0 Å². The lowest BCUT2D eigenvalue weighted by molar-refractivity contribution is 0.286. The number of pyridine rings is 1. The second kappa shape index (κ2) is 6.31. The maximum atomic E-state index is 6.22. The molecule has 2 aliphatic rings. The van der Waals surface area contributed by atoms with Crippen molar-refractivity contribution in [3.63, 3.8) is 0 Å². The van der Waals surface area contributed by atoms with E-state index in [-0.39, 0.29) is 0 Å². The molecule has 3 atom stereocenters. The molecule has 0 bridgehead atoms. The van der Waals surface area contributed by atoms with Gasteiger partial charge in [-0.25, -0.2) is 4.98 Å². The van der Waals surface area contributed by atoms with Gasteiger partial charge in [-0.1, -0.05) is 24.4 Å². The lowest BCUT2D eigenvalue weighted by Gasteiger charge is -2.33. The highest BCUT2D eigenvalue weighted by Gasteiger charge is 2.34. The molecule has 1 aromatic rings. The minimum atomic E-state index is 0.534.